The molecule has 1 aliphatic heterocycles. The highest BCUT2D eigenvalue weighted by molar-refractivity contribution is 6.30. The van der Waals surface area contributed by atoms with Gasteiger partial charge in [0.15, 0.2) is 0 Å². The maximum Gasteiger partial charge on any atom is 0.226 e. The summed E-state index contributed by atoms with van der Waals surface area (Å²) in [5, 5.41) is 3.61. The number of nitrogens with one attached hydrogen (secondary N) is 1. The Hall–Kier alpha value is -1.88. The molecule has 1 saturated heterocycles. The number of ketones is 1. The Bertz CT molecular complexity index is 593. The van der Waals surface area contributed by atoms with Crippen molar-refractivity contribution >= 4 is 29.2 Å². The summed E-state index contributed by atoms with van der Waals surface area (Å²) in [7, 11) is 0. The fraction of sp³-hybridized carbons (Fsp3) is 0.500. The summed E-state index contributed by atoms with van der Waals surface area (Å²) in [5.74, 6) is 0.0302. The topological polar surface area (TPSA) is 66.5 Å². The number of nitrogens with zero attached hydrogens (tertiary/aromatic N) is 1. The van der Waals surface area contributed by atoms with Crippen LogP contribution in [0.25, 0.3) is 0 Å². The largest absolute Gasteiger partial charge is 0.353 e. The number of amides is 2. The fourth-order valence-corrected chi connectivity index (χ4v) is 2.88. The van der Waals surface area contributed by atoms with E-state index in [0.29, 0.717) is 24.5 Å². The maximum atomic E-state index is 12.3. The molecule has 0 aromatic heterocycles. The number of rotatable bonds is 6. The van der Waals surface area contributed by atoms with E-state index in [1.165, 1.54) is 6.92 Å². The van der Waals surface area contributed by atoms with Gasteiger partial charge in [-0.05, 0) is 37.5 Å². The molecule has 1 aromatic rings. The molecule has 1 aromatic carbocycles. The number of piperidine rings is 1. The second-order valence-electron chi connectivity index (χ2n) is 6.23. The Kier molecular flexibility index (Phi) is 6.79. The van der Waals surface area contributed by atoms with Gasteiger partial charge in [-0.2, -0.15) is 0 Å². The van der Waals surface area contributed by atoms with Crippen molar-refractivity contribution in [1.82, 2.24) is 10.2 Å². The number of likely N-dealkylation sites (tertiary alicyclic amines) is 1. The standard InChI is InChI=1S/C18H23ClN2O3/c1-13(22)2-7-17(23)20-16-8-10-21(11-9-16)18(24)12-14-3-5-15(19)6-4-14/h3-6,16H,2,7-12H2,1H3,(H,20,23). The molecule has 0 spiro atoms. The van der Waals surface area contributed by atoms with Crippen molar-refractivity contribution in [3.63, 3.8) is 0 Å². The molecule has 1 aliphatic rings. The zero-order chi connectivity index (χ0) is 17.5. The molecule has 5 nitrogen and oxygen atoms in total. The normalized spacial score (nSPS) is 15.2. The molecule has 0 atom stereocenters. The Labute approximate surface area is 147 Å². The number of carbonyl (C=O) groups excluding carboxylic acids is 3. The number of benzene rings is 1. The molecule has 0 bridgehead atoms. The monoisotopic (exact) mass is 350 g/mol. The average molecular weight is 351 g/mol. The van der Waals surface area contributed by atoms with Gasteiger partial charge in [0.1, 0.15) is 5.78 Å². The molecule has 0 saturated carbocycles. The van der Waals surface area contributed by atoms with Crippen LogP contribution < -0.4 is 5.32 Å². The van der Waals surface area contributed by atoms with Crippen LogP contribution in [0.5, 0.6) is 0 Å². The summed E-state index contributed by atoms with van der Waals surface area (Å²) in [6.45, 7) is 2.77. The smallest absolute Gasteiger partial charge is 0.226 e. The predicted octanol–water partition coefficient (Wildman–Crippen LogP) is 2.36. The second-order valence-corrected chi connectivity index (χ2v) is 6.66. The van der Waals surface area contributed by atoms with Crippen LogP contribution in [0.2, 0.25) is 5.02 Å². The van der Waals surface area contributed by atoms with Gasteiger partial charge in [-0.25, -0.2) is 0 Å². The van der Waals surface area contributed by atoms with Gasteiger partial charge in [-0.1, -0.05) is 23.7 Å². The molecule has 0 aliphatic carbocycles. The first-order valence-corrected chi connectivity index (χ1v) is 8.63. The second kappa shape index (κ2) is 8.83. The lowest BCUT2D eigenvalue weighted by molar-refractivity contribution is -0.131. The number of hydrogen-bond donors (Lipinski definition) is 1. The first kappa shape index (κ1) is 18.5. The first-order valence-electron chi connectivity index (χ1n) is 8.25. The zero-order valence-corrected chi connectivity index (χ0v) is 14.6. The van der Waals surface area contributed by atoms with Crippen molar-refractivity contribution in [2.45, 2.75) is 45.1 Å². The lowest BCUT2D eigenvalue weighted by Gasteiger charge is -2.32. The van der Waals surface area contributed by atoms with Crippen molar-refractivity contribution in [3.05, 3.63) is 34.9 Å². The molecule has 2 amide bonds. The van der Waals surface area contributed by atoms with Crippen molar-refractivity contribution in [1.29, 1.82) is 0 Å². The molecule has 2 rings (SSSR count). The van der Waals surface area contributed by atoms with E-state index >= 15 is 0 Å². The molecule has 6 heteroatoms. The Balaban J connectivity index is 1.73. The fourth-order valence-electron chi connectivity index (χ4n) is 2.75. The van der Waals surface area contributed by atoms with Gasteiger partial charge >= 0.3 is 0 Å². The highest BCUT2D eigenvalue weighted by atomic mass is 35.5. The van der Waals surface area contributed by atoms with E-state index in [1.807, 2.05) is 17.0 Å². The minimum absolute atomic E-state index is 0.0211. The molecular formula is C18H23ClN2O3. The van der Waals surface area contributed by atoms with E-state index in [-0.39, 0.29) is 36.5 Å². The third kappa shape index (κ3) is 5.96. The van der Waals surface area contributed by atoms with Gasteiger partial charge in [0.05, 0.1) is 6.42 Å². The lowest BCUT2D eigenvalue weighted by Crippen LogP contribution is -2.47. The van der Waals surface area contributed by atoms with Crippen LogP contribution in [0.15, 0.2) is 24.3 Å². The minimum Gasteiger partial charge on any atom is -0.353 e. The van der Waals surface area contributed by atoms with Crippen LogP contribution in [0, 0.1) is 0 Å². The van der Waals surface area contributed by atoms with Crippen LogP contribution in [0.1, 0.15) is 38.2 Å². The predicted molar refractivity (Wildman–Crippen MR) is 92.8 cm³/mol. The van der Waals surface area contributed by atoms with E-state index in [1.54, 1.807) is 12.1 Å². The quantitative estimate of drug-likeness (QED) is 0.856. The maximum absolute atomic E-state index is 12.3. The number of hydrogen-bond acceptors (Lipinski definition) is 3. The van der Waals surface area contributed by atoms with Gasteiger partial charge in [0.2, 0.25) is 11.8 Å². The van der Waals surface area contributed by atoms with Crippen molar-refractivity contribution < 1.29 is 14.4 Å². The van der Waals surface area contributed by atoms with E-state index in [2.05, 4.69) is 5.32 Å². The van der Waals surface area contributed by atoms with Crippen LogP contribution >= 0.6 is 11.6 Å². The highest BCUT2D eigenvalue weighted by Crippen LogP contribution is 2.14. The highest BCUT2D eigenvalue weighted by Gasteiger charge is 2.23. The molecule has 0 unspecified atom stereocenters. The molecule has 1 heterocycles. The first-order chi connectivity index (χ1) is 11.4. The Morgan fingerprint density at radius 3 is 2.33 bits per heavy atom. The van der Waals surface area contributed by atoms with E-state index < -0.39 is 0 Å². The van der Waals surface area contributed by atoms with Gasteiger partial charge in [0.25, 0.3) is 0 Å². The molecular weight excluding hydrogens is 328 g/mol. The SMILES string of the molecule is CC(=O)CCC(=O)NC1CCN(C(=O)Cc2ccc(Cl)cc2)CC1. The summed E-state index contributed by atoms with van der Waals surface area (Å²) < 4.78 is 0. The lowest BCUT2D eigenvalue weighted by atomic mass is 10.0. The third-order valence-corrected chi connectivity index (χ3v) is 4.44. The van der Waals surface area contributed by atoms with E-state index in [0.717, 1.165) is 18.4 Å². The van der Waals surface area contributed by atoms with Crippen LogP contribution in [0.3, 0.4) is 0 Å². The van der Waals surface area contributed by atoms with E-state index in [9.17, 15) is 14.4 Å². The molecule has 130 valence electrons. The molecule has 1 fully saturated rings. The molecule has 1 N–H and O–H groups in total. The summed E-state index contributed by atoms with van der Waals surface area (Å²) in [6.07, 6.45) is 2.39. The zero-order valence-electron chi connectivity index (χ0n) is 13.9. The van der Waals surface area contributed by atoms with Crippen LogP contribution in [0.4, 0.5) is 0 Å². The number of Topliss-reactive ketones (excluding diaryl/α,β-unsaturated/α-hetero) is 1. The molecule has 24 heavy (non-hydrogen) atoms. The van der Waals surface area contributed by atoms with Crippen molar-refractivity contribution in [2.75, 3.05) is 13.1 Å². The number of halogens is 1. The van der Waals surface area contributed by atoms with Gasteiger partial charge in [-0.3, -0.25) is 9.59 Å². The summed E-state index contributed by atoms with van der Waals surface area (Å²) in [4.78, 5) is 36.8. The summed E-state index contributed by atoms with van der Waals surface area (Å²) >= 11 is 5.85. The van der Waals surface area contributed by atoms with Gasteiger partial charge < -0.3 is 15.0 Å². The van der Waals surface area contributed by atoms with E-state index in [4.69, 9.17) is 11.6 Å². The van der Waals surface area contributed by atoms with Gasteiger partial charge in [0, 0.05) is 37.0 Å². The van der Waals surface area contributed by atoms with Crippen LogP contribution in [-0.2, 0) is 20.8 Å². The summed E-state index contributed by atoms with van der Waals surface area (Å²) in [6, 6.07) is 7.38. The summed E-state index contributed by atoms with van der Waals surface area (Å²) in [5.41, 5.74) is 0.948. The molecule has 0 radical (unpaired) electrons. The Morgan fingerprint density at radius 2 is 1.75 bits per heavy atom. The third-order valence-electron chi connectivity index (χ3n) is 4.19. The van der Waals surface area contributed by atoms with Gasteiger partial charge in [-0.15, -0.1) is 0 Å². The Morgan fingerprint density at radius 1 is 1.12 bits per heavy atom. The van der Waals surface area contributed by atoms with Crippen LogP contribution in [-0.4, -0.2) is 41.6 Å². The average Bonchev–Trinajstić information content (AvgIpc) is 2.55. The van der Waals surface area contributed by atoms with Crippen molar-refractivity contribution in [2.24, 2.45) is 0 Å². The number of carbonyl (C=O) groups is 3. The van der Waals surface area contributed by atoms with Crippen molar-refractivity contribution in [3.8, 4) is 0 Å². The minimum atomic E-state index is -0.0869.